The molecular formula is C45H64N4O5S. The molecule has 1 aromatic rings. The van der Waals surface area contributed by atoms with Crippen LogP contribution in [0.15, 0.2) is 41.6 Å². The van der Waals surface area contributed by atoms with Crippen LogP contribution >= 0.6 is 0 Å². The molecule has 7 aliphatic rings. The number of hydrogen-bond acceptors (Lipinski definition) is 8. The molecule has 1 aromatic heterocycles. The van der Waals surface area contributed by atoms with Crippen molar-refractivity contribution in [1.29, 1.82) is 5.26 Å². The zero-order valence-corrected chi connectivity index (χ0v) is 34.6. The van der Waals surface area contributed by atoms with Crippen LogP contribution in [0.4, 0.5) is 0 Å². The average Bonchev–Trinajstić information content (AvgIpc) is 3.59. The van der Waals surface area contributed by atoms with Gasteiger partial charge in [-0.05, 0) is 146 Å². The number of aromatic nitrogens is 1. The van der Waals surface area contributed by atoms with Crippen LogP contribution in [-0.4, -0.2) is 79.2 Å². The number of carboxylic acid groups (broad SMARTS) is 1. The molecule has 8 unspecified atom stereocenters. The molecule has 10 heteroatoms. The number of rotatable bonds is 9. The Morgan fingerprint density at radius 3 is 2.51 bits per heavy atom. The van der Waals surface area contributed by atoms with Crippen LogP contribution in [0, 0.1) is 62.6 Å². The summed E-state index contributed by atoms with van der Waals surface area (Å²) in [5, 5.41) is 24.1. The van der Waals surface area contributed by atoms with Gasteiger partial charge in [0, 0.05) is 37.9 Å². The number of pyridine rings is 1. The summed E-state index contributed by atoms with van der Waals surface area (Å²) >= 11 is 0. The van der Waals surface area contributed by atoms with Gasteiger partial charge >= 0.3 is 5.97 Å². The maximum absolute atomic E-state index is 12.7. The van der Waals surface area contributed by atoms with Gasteiger partial charge in [0.05, 0.1) is 11.5 Å². The molecule has 0 amide bonds. The third-order valence-electron chi connectivity index (χ3n) is 17.2. The van der Waals surface area contributed by atoms with Gasteiger partial charge in [-0.3, -0.25) is 4.79 Å². The zero-order chi connectivity index (χ0) is 38.9. The molecule has 6 aliphatic carbocycles. The number of allylic oxidation sites excluding steroid dienone is 4. The summed E-state index contributed by atoms with van der Waals surface area (Å²) in [6.45, 7) is 13.6. The maximum atomic E-state index is 12.7. The van der Waals surface area contributed by atoms with Gasteiger partial charge in [-0.25, -0.2) is 13.4 Å². The Labute approximate surface area is 329 Å². The fraction of sp³-hybridized carbons (Fsp3) is 0.756. The Balaban J connectivity index is 0.956. The molecule has 300 valence electrons. The number of fused-ring (bicyclic) bond motifs is 7. The SMILES string of the molecule is CC1(C)C(C2=CCC(COc3ncccc3C#N)(C(=O)O)CC2)=CCC2(C)C1CCC1(C)C3CCC4(NCCN5CCS(=O)(=O)CC5)CCC[C@@H]4C3CCC12. The lowest BCUT2D eigenvalue weighted by Gasteiger charge is -2.68. The van der Waals surface area contributed by atoms with Crippen molar-refractivity contribution < 1.29 is 23.1 Å². The average molecular weight is 773 g/mol. The molecule has 4 saturated carbocycles. The predicted molar refractivity (Wildman–Crippen MR) is 214 cm³/mol. The third-order valence-corrected chi connectivity index (χ3v) is 18.8. The van der Waals surface area contributed by atoms with Gasteiger partial charge in [-0.1, -0.05) is 46.3 Å². The van der Waals surface area contributed by atoms with Crippen molar-refractivity contribution in [2.24, 2.45) is 51.2 Å². The number of nitriles is 1. The number of hydrogen-bond donors (Lipinski definition) is 2. The van der Waals surface area contributed by atoms with E-state index in [1.165, 1.54) is 68.9 Å². The fourth-order valence-electron chi connectivity index (χ4n) is 14.4. The molecule has 0 aromatic carbocycles. The molecule has 9 nitrogen and oxygen atoms in total. The monoisotopic (exact) mass is 772 g/mol. The Kier molecular flexibility index (Phi) is 10.1. The second kappa shape index (κ2) is 14.3. The number of aliphatic carboxylic acids is 1. The molecule has 2 N–H and O–H groups in total. The predicted octanol–water partition coefficient (Wildman–Crippen LogP) is 7.59. The summed E-state index contributed by atoms with van der Waals surface area (Å²) in [7, 11) is -2.85. The van der Waals surface area contributed by atoms with Crippen LogP contribution in [-0.2, 0) is 14.6 Å². The van der Waals surface area contributed by atoms with E-state index in [1.54, 1.807) is 18.3 Å². The number of ether oxygens (including phenoxy) is 1. The highest BCUT2D eigenvalue weighted by atomic mass is 32.2. The van der Waals surface area contributed by atoms with E-state index in [1.807, 2.05) is 0 Å². The van der Waals surface area contributed by atoms with Crippen molar-refractivity contribution in [1.82, 2.24) is 15.2 Å². The molecule has 2 heterocycles. The number of carboxylic acids is 1. The van der Waals surface area contributed by atoms with Crippen molar-refractivity contribution in [3.8, 4) is 11.9 Å². The van der Waals surface area contributed by atoms with Crippen molar-refractivity contribution in [2.75, 3.05) is 44.3 Å². The Hall–Kier alpha value is -2.74. The van der Waals surface area contributed by atoms with Gasteiger partial charge in [0.15, 0.2) is 9.84 Å². The van der Waals surface area contributed by atoms with Gasteiger partial charge < -0.3 is 20.1 Å². The Morgan fingerprint density at radius 2 is 1.78 bits per heavy atom. The van der Waals surface area contributed by atoms with Gasteiger partial charge in [0.2, 0.25) is 5.88 Å². The lowest BCUT2D eigenvalue weighted by atomic mass is 9.37. The largest absolute Gasteiger partial charge is 0.481 e. The second-order valence-corrected chi connectivity index (χ2v) is 22.2. The van der Waals surface area contributed by atoms with Crippen LogP contribution in [0.5, 0.6) is 5.88 Å². The first-order valence-corrected chi connectivity index (χ1v) is 23.3. The van der Waals surface area contributed by atoms with E-state index in [2.05, 4.69) is 61.1 Å². The minimum atomic E-state index is -2.85. The first-order chi connectivity index (χ1) is 26.2. The molecule has 1 aliphatic heterocycles. The normalized spacial score (nSPS) is 40.6. The first-order valence-electron chi connectivity index (χ1n) is 21.5. The van der Waals surface area contributed by atoms with Crippen molar-refractivity contribution in [3.05, 3.63) is 47.2 Å². The summed E-state index contributed by atoms with van der Waals surface area (Å²) in [6.07, 6.45) is 20.9. The topological polar surface area (TPSA) is 133 Å². The smallest absolute Gasteiger partial charge is 0.313 e. The molecule has 8 rings (SSSR count). The van der Waals surface area contributed by atoms with Crippen LogP contribution in [0.2, 0.25) is 0 Å². The van der Waals surface area contributed by atoms with E-state index < -0.39 is 21.2 Å². The molecule has 9 atom stereocenters. The maximum Gasteiger partial charge on any atom is 0.313 e. The van der Waals surface area contributed by atoms with Crippen molar-refractivity contribution in [3.63, 3.8) is 0 Å². The summed E-state index contributed by atoms with van der Waals surface area (Å²) in [4.78, 5) is 19.3. The summed E-state index contributed by atoms with van der Waals surface area (Å²) in [5.41, 5.74) is 2.89. The zero-order valence-electron chi connectivity index (χ0n) is 33.7. The van der Waals surface area contributed by atoms with Gasteiger partial charge in [-0.15, -0.1) is 0 Å². The highest BCUT2D eigenvalue weighted by molar-refractivity contribution is 7.91. The number of sulfone groups is 1. The number of nitrogens with zero attached hydrogens (tertiary/aromatic N) is 3. The van der Waals surface area contributed by atoms with E-state index in [-0.39, 0.29) is 28.9 Å². The molecular weight excluding hydrogens is 709 g/mol. The van der Waals surface area contributed by atoms with Gasteiger partial charge in [0.1, 0.15) is 23.7 Å². The lowest BCUT2D eigenvalue weighted by molar-refractivity contribution is -0.175. The molecule has 0 bridgehead atoms. The quantitative estimate of drug-likeness (QED) is 0.261. The van der Waals surface area contributed by atoms with E-state index >= 15 is 0 Å². The minimum absolute atomic E-state index is 0.00201. The van der Waals surface area contributed by atoms with Crippen LogP contribution < -0.4 is 10.1 Å². The van der Waals surface area contributed by atoms with Crippen LogP contribution in [0.3, 0.4) is 0 Å². The van der Waals surface area contributed by atoms with Crippen LogP contribution in [0.25, 0.3) is 0 Å². The molecule has 0 spiro atoms. The molecule has 55 heavy (non-hydrogen) atoms. The number of carbonyl (C=O) groups is 1. The standard InChI is InChI=1S/C45H64N4O5S/c1-41(2)34(31-11-19-44(20-12-31,40(50)51)30-54-39-32(29-46)7-6-22-47-39)13-17-43(4)37(41)15-18-42(3)35-14-21-45(16-5-8-36(45)33(35)9-10-38(42)43)48-23-24-49-25-27-55(52,53)28-26-49/h6-7,11,13,22,33,35-38,48H,5,8-10,12,14-21,23-28,30H2,1-4H3,(H,50,51)/t33?,35?,36-,37?,38?,42?,43?,44?,45?/m1/s1. The Bertz CT molecular complexity index is 1870. The van der Waals surface area contributed by atoms with Gasteiger partial charge in [0.25, 0.3) is 0 Å². The van der Waals surface area contributed by atoms with Crippen LogP contribution in [0.1, 0.15) is 117 Å². The number of nitrogens with one attached hydrogen (secondary N) is 1. The van der Waals surface area contributed by atoms with Gasteiger partial charge in [-0.2, -0.15) is 5.26 Å². The second-order valence-electron chi connectivity index (χ2n) is 19.9. The van der Waals surface area contributed by atoms with Crippen molar-refractivity contribution >= 4 is 15.8 Å². The lowest BCUT2D eigenvalue weighted by Crippen LogP contribution is -2.64. The molecule has 0 radical (unpaired) electrons. The van der Waals surface area contributed by atoms with E-state index in [4.69, 9.17) is 4.74 Å². The highest BCUT2D eigenvalue weighted by Gasteiger charge is 2.65. The van der Waals surface area contributed by atoms with E-state index in [0.29, 0.717) is 66.7 Å². The molecule has 1 saturated heterocycles. The minimum Gasteiger partial charge on any atom is -0.481 e. The summed E-state index contributed by atoms with van der Waals surface area (Å²) in [6, 6.07) is 5.43. The summed E-state index contributed by atoms with van der Waals surface area (Å²) < 4.78 is 29.9. The van der Waals surface area contributed by atoms with E-state index in [0.717, 1.165) is 37.3 Å². The first kappa shape index (κ1) is 39.1. The third kappa shape index (κ3) is 6.60. The highest BCUT2D eigenvalue weighted by Crippen LogP contribution is 2.72. The van der Waals surface area contributed by atoms with Crippen molar-refractivity contribution in [2.45, 2.75) is 117 Å². The fourth-order valence-corrected chi connectivity index (χ4v) is 15.7. The Morgan fingerprint density at radius 1 is 0.982 bits per heavy atom. The molecule has 5 fully saturated rings. The van der Waals surface area contributed by atoms with E-state index in [9.17, 15) is 23.6 Å². The summed E-state index contributed by atoms with van der Waals surface area (Å²) in [5.74, 6) is 3.58.